The van der Waals surface area contributed by atoms with Crippen LogP contribution in [-0.2, 0) is 6.42 Å². The van der Waals surface area contributed by atoms with E-state index in [9.17, 15) is 4.79 Å². The summed E-state index contributed by atoms with van der Waals surface area (Å²) in [7, 11) is 0. The van der Waals surface area contributed by atoms with Crippen LogP contribution in [0.25, 0.3) is 0 Å². The fraction of sp³-hybridized carbons (Fsp3) is 0.308. The number of hydrogen-bond acceptors (Lipinski definition) is 4. The minimum atomic E-state index is -0.232. The zero-order valence-electron chi connectivity index (χ0n) is 10.7. The average Bonchev–Trinajstić information content (AvgIpc) is 2.75. The van der Waals surface area contributed by atoms with Gasteiger partial charge in [-0.3, -0.25) is 4.79 Å². The molecule has 0 fully saturated rings. The zero-order chi connectivity index (χ0) is 13.8. The van der Waals surface area contributed by atoms with Gasteiger partial charge in [-0.25, -0.2) is 9.97 Å². The summed E-state index contributed by atoms with van der Waals surface area (Å²) in [4.78, 5) is 22.2. The molecular weight excluding hydrogens is 282 g/mol. The topological polar surface area (TPSA) is 54.9 Å². The van der Waals surface area contributed by atoms with E-state index >= 15 is 0 Å². The maximum absolute atomic E-state index is 11.9. The van der Waals surface area contributed by atoms with E-state index in [0.717, 1.165) is 6.42 Å². The highest BCUT2D eigenvalue weighted by Gasteiger charge is 2.12. The molecule has 2 aromatic heterocycles. The molecule has 0 aromatic carbocycles. The second-order valence-electron chi connectivity index (χ2n) is 4.32. The van der Waals surface area contributed by atoms with Crippen LogP contribution >= 0.6 is 22.9 Å². The molecule has 6 heteroatoms. The molecule has 1 unspecified atom stereocenters. The number of halogens is 1. The van der Waals surface area contributed by atoms with Crippen LogP contribution in [0.3, 0.4) is 0 Å². The number of nitrogens with zero attached hydrogens (tertiary/aromatic N) is 2. The highest BCUT2D eigenvalue weighted by Crippen LogP contribution is 2.16. The highest BCUT2D eigenvalue weighted by molar-refractivity contribution is 7.11. The molecule has 2 heterocycles. The Balaban J connectivity index is 1.93. The van der Waals surface area contributed by atoms with Gasteiger partial charge in [-0.15, -0.1) is 11.3 Å². The van der Waals surface area contributed by atoms with Gasteiger partial charge in [0.2, 0.25) is 0 Å². The minimum Gasteiger partial charge on any atom is -0.348 e. The first kappa shape index (κ1) is 14.0. The zero-order valence-corrected chi connectivity index (χ0v) is 12.3. The second kappa shape index (κ2) is 6.12. The van der Waals surface area contributed by atoms with Crippen LogP contribution in [0, 0.1) is 6.92 Å². The summed E-state index contributed by atoms with van der Waals surface area (Å²) < 4.78 is 0. The van der Waals surface area contributed by atoms with Gasteiger partial charge in [0.05, 0.1) is 12.4 Å². The van der Waals surface area contributed by atoms with Crippen LogP contribution in [-0.4, -0.2) is 21.9 Å². The van der Waals surface area contributed by atoms with Crippen molar-refractivity contribution in [2.75, 3.05) is 0 Å². The lowest BCUT2D eigenvalue weighted by Gasteiger charge is -2.12. The third kappa shape index (κ3) is 4.01. The lowest BCUT2D eigenvalue weighted by atomic mass is 10.2. The lowest BCUT2D eigenvalue weighted by Crippen LogP contribution is -2.34. The predicted octanol–water partition coefficient (Wildman–Crippen LogP) is 2.86. The Morgan fingerprint density at radius 3 is 2.79 bits per heavy atom. The Morgan fingerprint density at radius 2 is 2.21 bits per heavy atom. The van der Waals surface area contributed by atoms with E-state index in [1.54, 1.807) is 11.3 Å². The molecule has 0 bridgehead atoms. The summed E-state index contributed by atoms with van der Waals surface area (Å²) >= 11 is 7.37. The highest BCUT2D eigenvalue weighted by atomic mass is 35.5. The van der Waals surface area contributed by atoms with Gasteiger partial charge in [-0.2, -0.15) is 0 Å². The van der Waals surface area contributed by atoms with Crippen LogP contribution in [0.15, 0.2) is 24.5 Å². The summed E-state index contributed by atoms with van der Waals surface area (Å²) in [5.74, 6) is -0.232. The molecule has 0 aliphatic carbocycles. The summed E-state index contributed by atoms with van der Waals surface area (Å²) in [6.45, 7) is 4.04. The Morgan fingerprint density at radius 1 is 1.42 bits per heavy atom. The standard InChI is InChI=1S/C13H14ClN3OS/c1-8(5-10-4-3-9(2)19-10)17-13(18)11-6-16-12(14)7-15-11/h3-4,6-8H,5H2,1-2H3,(H,17,18). The van der Waals surface area contributed by atoms with E-state index in [1.165, 1.54) is 22.1 Å². The van der Waals surface area contributed by atoms with Gasteiger partial charge < -0.3 is 5.32 Å². The van der Waals surface area contributed by atoms with Gasteiger partial charge in [-0.05, 0) is 26.0 Å². The molecule has 2 rings (SSSR count). The maximum Gasteiger partial charge on any atom is 0.271 e. The van der Waals surface area contributed by atoms with E-state index in [-0.39, 0.29) is 22.8 Å². The predicted molar refractivity (Wildman–Crippen MR) is 76.7 cm³/mol. The molecule has 1 amide bonds. The van der Waals surface area contributed by atoms with Crippen molar-refractivity contribution in [2.24, 2.45) is 0 Å². The first-order chi connectivity index (χ1) is 9.04. The quantitative estimate of drug-likeness (QED) is 0.943. The van der Waals surface area contributed by atoms with Gasteiger partial charge >= 0.3 is 0 Å². The number of thiophene rings is 1. The number of aromatic nitrogens is 2. The van der Waals surface area contributed by atoms with Gasteiger partial charge in [0.1, 0.15) is 10.8 Å². The fourth-order valence-corrected chi connectivity index (χ4v) is 2.79. The number of nitrogens with one attached hydrogen (secondary N) is 1. The molecule has 2 aromatic rings. The smallest absolute Gasteiger partial charge is 0.271 e. The van der Waals surface area contributed by atoms with Crippen molar-refractivity contribution in [3.63, 3.8) is 0 Å². The fourth-order valence-electron chi connectivity index (χ4n) is 1.67. The van der Waals surface area contributed by atoms with Crippen molar-refractivity contribution in [3.05, 3.63) is 45.1 Å². The number of carbonyl (C=O) groups excluding carboxylic acids is 1. The normalized spacial score (nSPS) is 12.2. The Labute approximate surface area is 120 Å². The molecule has 4 nitrogen and oxygen atoms in total. The van der Waals surface area contributed by atoms with Crippen molar-refractivity contribution < 1.29 is 4.79 Å². The third-order valence-corrected chi connectivity index (χ3v) is 3.75. The Bertz CT molecular complexity index is 568. The van der Waals surface area contributed by atoms with E-state index in [2.05, 4.69) is 34.3 Å². The molecule has 100 valence electrons. The van der Waals surface area contributed by atoms with Crippen molar-refractivity contribution in [1.29, 1.82) is 0 Å². The largest absolute Gasteiger partial charge is 0.348 e. The number of amides is 1. The summed E-state index contributed by atoms with van der Waals surface area (Å²) in [6, 6.07) is 4.22. The minimum absolute atomic E-state index is 0.0445. The Hall–Kier alpha value is -1.46. The van der Waals surface area contributed by atoms with Gasteiger partial charge in [0.25, 0.3) is 5.91 Å². The number of aryl methyl sites for hydroxylation is 1. The Kier molecular flexibility index (Phi) is 4.50. The molecule has 0 aliphatic heterocycles. The summed E-state index contributed by atoms with van der Waals surface area (Å²) in [5.41, 5.74) is 0.276. The van der Waals surface area contributed by atoms with E-state index in [1.807, 2.05) is 6.92 Å². The van der Waals surface area contributed by atoms with Crippen LogP contribution < -0.4 is 5.32 Å². The van der Waals surface area contributed by atoms with Crippen molar-refractivity contribution >= 4 is 28.8 Å². The first-order valence-corrected chi connectivity index (χ1v) is 7.08. The molecule has 0 radical (unpaired) electrons. The first-order valence-electron chi connectivity index (χ1n) is 5.88. The lowest BCUT2D eigenvalue weighted by molar-refractivity contribution is 0.0935. The van der Waals surface area contributed by atoms with E-state index in [4.69, 9.17) is 11.6 Å². The van der Waals surface area contributed by atoms with Crippen molar-refractivity contribution in [1.82, 2.24) is 15.3 Å². The molecule has 1 N–H and O–H groups in total. The van der Waals surface area contributed by atoms with Crippen molar-refractivity contribution in [3.8, 4) is 0 Å². The number of rotatable bonds is 4. The summed E-state index contributed by atoms with van der Waals surface area (Å²) in [5, 5.41) is 3.17. The maximum atomic E-state index is 11.9. The van der Waals surface area contributed by atoms with Crippen LogP contribution in [0.2, 0.25) is 5.15 Å². The number of hydrogen-bond donors (Lipinski definition) is 1. The monoisotopic (exact) mass is 295 g/mol. The molecule has 0 spiro atoms. The third-order valence-electron chi connectivity index (χ3n) is 2.53. The van der Waals surface area contributed by atoms with Gasteiger partial charge in [0, 0.05) is 22.2 Å². The molecule has 0 aliphatic rings. The van der Waals surface area contributed by atoms with Gasteiger partial charge in [-0.1, -0.05) is 11.6 Å². The van der Waals surface area contributed by atoms with Crippen LogP contribution in [0.1, 0.15) is 27.2 Å². The second-order valence-corrected chi connectivity index (χ2v) is 6.08. The number of carbonyl (C=O) groups is 1. The van der Waals surface area contributed by atoms with E-state index in [0.29, 0.717) is 0 Å². The molecule has 1 atom stereocenters. The SMILES string of the molecule is Cc1ccc(CC(C)NC(=O)c2cnc(Cl)cn2)s1. The molecule has 0 saturated heterocycles. The summed E-state index contributed by atoms with van der Waals surface area (Å²) in [6.07, 6.45) is 3.55. The van der Waals surface area contributed by atoms with Crippen LogP contribution in [0.4, 0.5) is 0 Å². The molecular formula is C13H14ClN3OS. The molecule has 0 saturated carbocycles. The molecule has 19 heavy (non-hydrogen) atoms. The van der Waals surface area contributed by atoms with Gasteiger partial charge in [0.15, 0.2) is 0 Å². The van der Waals surface area contributed by atoms with Crippen LogP contribution in [0.5, 0.6) is 0 Å². The average molecular weight is 296 g/mol. The van der Waals surface area contributed by atoms with Crippen molar-refractivity contribution in [2.45, 2.75) is 26.3 Å². The van der Waals surface area contributed by atoms with E-state index < -0.39 is 0 Å².